The van der Waals surface area contributed by atoms with Crippen molar-refractivity contribution in [2.24, 2.45) is 0 Å². The highest BCUT2D eigenvalue weighted by Gasteiger charge is 2.18. The zero-order valence-electron chi connectivity index (χ0n) is 15.3. The van der Waals surface area contributed by atoms with Gasteiger partial charge in [-0.3, -0.25) is 9.89 Å². The number of carbonyl (C=O) groups is 1. The fraction of sp³-hybridized carbons (Fsp3) is 0.278. The molecule has 1 atom stereocenters. The van der Waals surface area contributed by atoms with Crippen molar-refractivity contribution in [3.63, 3.8) is 0 Å². The van der Waals surface area contributed by atoms with Crippen molar-refractivity contribution in [1.29, 1.82) is 0 Å². The Labute approximate surface area is 166 Å². The molecule has 0 bridgehead atoms. The number of nitrogens with one attached hydrogen (secondary N) is 3. The molecular formula is C18H19ClFN7O. The molecule has 0 aromatic carbocycles. The predicted octanol–water partition coefficient (Wildman–Crippen LogP) is 2.84. The Kier molecular flexibility index (Phi) is 6.15. The van der Waals surface area contributed by atoms with E-state index >= 15 is 0 Å². The van der Waals surface area contributed by atoms with Crippen LogP contribution in [0.5, 0.6) is 0 Å². The van der Waals surface area contributed by atoms with Crippen LogP contribution in [-0.2, 0) is 6.42 Å². The van der Waals surface area contributed by atoms with Gasteiger partial charge in [-0.05, 0) is 38.0 Å². The highest BCUT2D eigenvalue weighted by molar-refractivity contribution is 6.33. The van der Waals surface area contributed by atoms with Gasteiger partial charge in [-0.25, -0.2) is 15.0 Å². The van der Waals surface area contributed by atoms with Crippen LogP contribution in [0.25, 0.3) is 0 Å². The number of nitrogens with zero attached hydrogens (tertiary/aromatic N) is 4. The van der Waals surface area contributed by atoms with Gasteiger partial charge in [0.15, 0.2) is 0 Å². The molecular weight excluding hydrogens is 385 g/mol. The Hall–Kier alpha value is -3.07. The van der Waals surface area contributed by atoms with Crippen LogP contribution < -0.4 is 10.6 Å². The van der Waals surface area contributed by atoms with E-state index in [-0.39, 0.29) is 5.82 Å². The third-order valence-electron chi connectivity index (χ3n) is 4.01. The molecule has 146 valence electrons. The number of carbonyl (C=O) groups excluding carboxylic acids is 1. The summed E-state index contributed by atoms with van der Waals surface area (Å²) in [4.78, 5) is 24.7. The van der Waals surface area contributed by atoms with Gasteiger partial charge < -0.3 is 10.6 Å². The molecule has 3 heterocycles. The largest absolute Gasteiger partial charge is 0.368 e. The minimum atomic E-state index is -0.610. The number of hydrogen-bond donors (Lipinski definition) is 3. The molecule has 1 unspecified atom stereocenters. The van der Waals surface area contributed by atoms with E-state index in [0.717, 1.165) is 5.56 Å². The molecule has 0 aliphatic carbocycles. The zero-order valence-corrected chi connectivity index (χ0v) is 16.1. The average Bonchev–Trinajstić information content (AvgIpc) is 3.18. The summed E-state index contributed by atoms with van der Waals surface area (Å²) in [7, 11) is 0. The summed E-state index contributed by atoms with van der Waals surface area (Å²) in [5, 5.41) is 12.8. The van der Waals surface area contributed by atoms with E-state index in [1.807, 2.05) is 0 Å². The van der Waals surface area contributed by atoms with E-state index in [1.165, 1.54) is 12.1 Å². The van der Waals surface area contributed by atoms with Gasteiger partial charge in [0, 0.05) is 12.7 Å². The number of anilines is 1. The van der Waals surface area contributed by atoms with Gasteiger partial charge in [0.1, 0.15) is 10.8 Å². The number of aromatic amines is 1. The maximum Gasteiger partial charge on any atom is 0.289 e. The van der Waals surface area contributed by atoms with Crippen LogP contribution in [0.3, 0.4) is 0 Å². The quantitative estimate of drug-likeness (QED) is 0.523. The van der Waals surface area contributed by atoms with Gasteiger partial charge in [-0.1, -0.05) is 17.7 Å². The summed E-state index contributed by atoms with van der Waals surface area (Å²) in [6, 6.07) is 3.89. The van der Waals surface area contributed by atoms with Gasteiger partial charge in [0.05, 0.1) is 23.6 Å². The minimum absolute atomic E-state index is 0.0315. The molecule has 3 aromatic heterocycles. The lowest BCUT2D eigenvalue weighted by Gasteiger charge is -2.14. The molecule has 28 heavy (non-hydrogen) atoms. The lowest BCUT2D eigenvalue weighted by Crippen LogP contribution is -2.29. The number of aryl methyl sites for hydroxylation is 1. The van der Waals surface area contributed by atoms with Crippen molar-refractivity contribution in [3.05, 3.63) is 64.3 Å². The monoisotopic (exact) mass is 403 g/mol. The maximum absolute atomic E-state index is 13.3. The number of H-pyrrole nitrogens is 1. The Morgan fingerprint density at radius 1 is 1.32 bits per heavy atom. The van der Waals surface area contributed by atoms with Gasteiger partial charge >= 0.3 is 0 Å². The second-order valence-electron chi connectivity index (χ2n) is 6.16. The molecule has 10 heteroatoms. The highest BCUT2D eigenvalue weighted by Crippen LogP contribution is 2.22. The summed E-state index contributed by atoms with van der Waals surface area (Å²) in [6.45, 7) is 3.95. The van der Waals surface area contributed by atoms with Crippen molar-refractivity contribution < 1.29 is 9.18 Å². The Morgan fingerprint density at radius 2 is 2.14 bits per heavy atom. The van der Waals surface area contributed by atoms with Crippen LogP contribution in [0.4, 0.5) is 10.2 Å². The first-order valence-corrected chi connectivity index (χ1v) is 9.01. The van der Waals surface area contributed by atoms with E-state index in [9.17, 15) is 9.18 Å². The molecule has 0 aliphatic heterocycles. The average molecular weight is 404 g/mol. The number of pyridine rings is 1. The molecule has 0 saturated heterocycles. The van der Waals surface area contributed by atoms with Gasteiger partial charge in [0.25, 0.3) is 5.91 Å². The van der Waals surface area contributed by atoms with E-state index < -0.39 is 17.9 Å². The first kappa shape index (κ1) is 19.7. The summed E-state index contributed by atoms with van der Waals surface area (Å²) in [5.41, 5.74) is 1.91. The van der Waals surface area contributed by atoms with Gasteiger partial charge in [-0.15, -0.1) is 0 Å². The number of halogens is 2. The standard InChI is InChI=1S/C18H19ClFN7O/c1-10(13-4-3-5-14(20)26-13)25-18(28)17-24-11(2)15(19)16(27-17)21-7-6-12-8-22-23-9-12/h3-5,8-10H,6-7H2,1-2H3,(H,22,23)(H,25,28)(H,21,24,27). The minimum Gasteiger partial charge on any atom is -0.368 e. The molecule has 0 saturated carbocycles. The van der Waals surface area contributed by atoms with E-state index in [2.05, 4.69) is 35.8 Å². The van der Waals surface area contributed by atoms with Crippen LogP contribution in [0.2, 0.25) is 5.02 Å². The predicted molar refractivity (Wildman–Crippen MR) is 103 cm³/mol. The topological polar surface area (TPSA) is 108 Å². The molecule has 0 spiro atoms. The Bertz CT molecular complexity index is 965. The zero-order chi connectivity index (χ0) is 20.1. The van der Waals surface area contributed by atoms with Crippen LogP contribution in [0, 0.1) is 12.9 Å². The number of amides is 1. The normalized spacial score (nSPS) is 11.9. The highest BCUT2D eigenvalue weighted by atomic mass is 35.5. The van der Waals surface area contributed by atoms with Crippen molar-refractivity contribution in [2.75, 3.05) is 11.9 Å². The molecule has 0 radical (unpaired) electrons. The molecule has 3 N–H and O–H groups in total. The summed E-state index contributed by atoms with van der Waals surface area (Å²) in [5.74, 6) is -0.771. The van der Waals surface area contributed by atoms with Crippen molar-refractivity contribution in [3.8, 4) is 0 Å². The smallest absolute Gasteiger partial charge is 0.289 e. The Morgan fingerprint density at radius 3 is 2.86 bits per heavy atom. The first-order chi connectivity index (χ1) is 13.4. The van der Waals surface area contributed by atoms with Crippen LogP contribution in [-0.4, -0.2) is 37.6 Å². The van der Waals surface area contributed by atoms with Crippen molar-refractivity contribution in [2.45, 2.75) is 26.3 Å². The number of hydrogen-bond acceptors (Lipinski definition) is 6. The second-order valence-corrected chi connectivity index (χ2v) is 6.54. The second kappa shape index (κ2) is 8.75. The summed E-state index contributed by atoms with van der Waals surface area (Å²) < 4.78 is 13.3. The molecule has 0 aliphatic rings. The summed E-state index contributed by atoms with van der Waals surface area (Å²) in [6.07, 6.45) is 4.24. The fourth-order valence-corrected chi connectivity index (χ4v) is 2.67. The van der Waals surface area contributed by atoms with Gasteiger partial charge in [-0.2, -0.15) is 9.49 Å². The molecule has 3 aromatic rings. The van der Waals surface area contributed by atoms with Crippen molar-refractivity contribution >= 4 is 23.3 Å². The van der Waals surface area contributed by atoms with E-state index in [0.29, 0.717) is 35.2 Å². The van der Waals surface area contributed by atoms with Crippen LogP contribution in [0.15, 0.2) is 30.6 Å². The molecule has 1 amide bonds. The first-order valence-electron chi connectivity index (χ1n) is 8.63. The lowest BCUT2D eigenvalue weighted by atomic mass is 10.2. The van der Waals surface area contributed by atoms with Crippen LogP contribution in [0.1, 0.15) is 40.5 Å². The van der Waals surface area contributed by atoms with Crippen molar-refractivity contribution in [1.82, 2.24) is 30.5 Å². The van der Waals surface area contributed by atoms with Gasteiger partial charge in [0.2, 0.25) is 11.8 Å². The third kappa shape index (κ3) is 4.80. The Balaban J connectivity index is 1.70. The lowest BCUT2D eigenvalue weighted by molar-refractivity contribution is 0.0928. The van der Waals surface area contributed by atoms with E-state index in [4.69, 9.17) is 11.6 Å². The molecule has 0 fully saturated rings. The van der Waals surface area contributed by atoms with Crippen LogP contribution >= 0.6 is 11.6 Å². The SMILES string of the molecule is Cc1nc(C(=O)NC(C)c2cccc(F)n2)nc(NCCc2cn[nH]c2)c1Cl. The fourth-order valence-electron chi connectivity index (χ4n) is 2.52. The third-order valence-corrected chi connectivity index (χ3v) is 4.46. The maximum atomic E-state index is 13.3. The summed E-state index contributed by atoms with van der Waals surface area (Å²) >= 11 is 6.26. The molecule has 3 rings (SSSR count). The number of aromatic nitrogens is 5. The molecule has 8 nitrogen and oxygen atoms in total. The van der Waals surface area contributed by atoms with E-state index in [1.54, 1.807) is 32.3 Å². The number of rotatable bonds is 7.